The zero-order valence-corrected chi connectivity index (χ0v) is 41.7. The zero-order valence-electron chi connectivity index (χ0n) is 41.7. The number of esters is 2. The monoisotopic (exact) mass is 847 g/mol. The molecule has 358 valence electrons. The highest BCUT2D eigenvalue weighted by atomic mass is 16.5. The summed E-state index contributed by atoms with van der Waals surface area (Å²) in [4.78, 5) is 25.4. The molecule has 0 aromatic carbocycles. The molecule has 0 fully saturated rings. The van der Waals surface area contributed by atoms with Gasteiger partial charge in [0, 0.05) is 12.8 Å². The fourth-order valence-corrected chi connectivity index (χ4v) is 9.02. The van der Waals surface area contributed by atoms with E-state index >= 15 is 0 Å². The summed E-state index contributed by atoms with van der Waals surface area (Å²) in [6.07, 6.45) is 59.3. The first-order valence-electron chi connectivity index (χ1n) is 27.9. The quantitative estimate of drug-likeness (QED) is 0.0452. The highest BCUT2D eigenvalue weighted by molar-refractivity contribution is 5.69. The average molecular weight is 847 g/mol. The molecule has 0 unspecified atom stereocenters. The van der Waals surface area contributed by atoms with Crippen LogP contribution < -0.4 is 0 Å². The van der Waals surface area contributed by atoms with Gasteiger partial charge in [0.2, 0.25) is 0 Å². The van der Waals surface area contributed by atoms with Gasteiger partial charge in [-0.1, -0.05) is 265 Å². The third-order valence-electron chi connectivity index (χ3n) is 13.2. The van der Waals surface area contributed by atoms with Crippen molar-refractivity contribution < 1.29 is 19.1 Å². The zero-order chi connectivity index (χ0) is 43.7. The first-order chi connectivity index (χ1) is 29.6. The van der Waals surface area contributed by atoms with Crippen molar-refractivity contribution in [2.24, 2.45) is 5.92 Å². The third kappa shape index (κ3) is 46.4. The summed E-state index contributed by atoms with van der Waals surface area (Å²) in [6, 6.07) is 0. The van der Waals surface area contributed by atoms with Crippen LogP contribution in [0.3, 0.4) is 0 Å². The van der Waals surface area contributed by atoms with E-state index in [1.54, 1.807) is 0 Å². The van der Waals surface area contributed by atoms with E-state index in [4.69, 9.17) is 9.47 Å². The Kier molecular flexibility index (Phi) is 49.7. The van der Waals surface area contributed by atoms with Gasteiger partial charge in [0.1, 0.15) is 6.10 Å². The maximum atomic E-state index is 12.8. The molecule has 0 aliphatic heterocycles. The van der Waals surface area contributed by atoms with Crippen LogP contribution in [0.4, 0.5) is 0 Å². The molecule has 2 atom stereocenters. The molecule has 0 aliphatic rings. The minimum atomic E-state index is 0.0265. The number of carbonyl (C=O) groups is 2. The second-order valence-electron chi connectivity index (χ2n) is 19.4. The summed E-state index contributed by atoms with van der Waals surface area (Å²) >= 11 is 0. The van der Waals surface area contributed by atoms with E-state index in [2.05, 4.69) is 27.7 Å². The molecule has 0 aromatic rings. The predicted octanol–water partition coefficient (Wildman–Crippen LogP) is 19.5. The van der Waals surface area contributed by atoms with Crippen LogP contribution in [0.1, 0.15) is 329 Å². The Hall–Kier alpha value is -1.06. The molecule has 0 amide bonds. The summed E-state index contributed by atoms with van der Waals surface area (Å²) in [7, 11) is 0. The molecular weight excluding hydrogens is 737 g/mol. The van der Waals surface area contributed by atoms with Crippen LogP contribution in [-0.2, 0) is 19.1 Å². The summed E-state index contributed by atoms with van der Waals surface area (Å²) in [5.74, 6) is 0.617. The maximum Gasteiger partial charge on any atom is 0.306 e. The number of hydrogen-bond donors (Lipinski definition) is 0. The molecule has 0 bridgehead atoms. The second kappa shape index (κ2) is 50.6. The Morgan fingerprint density at radius 3 is 0.883 bits per heavy atom. The van der Waals surface area contributed by atoms with Crippen LogP contribution in [0.5, 0.6) is 0 Å². The Morgan fingerprint density at radius 2 is 0.550 bits per heavy atom. The van der Waals surface area contributed by atoms with Gasteiger partial charge in [-0.3, -0.25) is 9.59 Å². The van der Waals surface area contributed by atoms with Gasteiger partial charge in [-0.2, -0.15) is 0 Å². The van der Waals surface area contributed by atoms with Crippen LogP contribution in [0.25, 0.3) is 0 Å². The molecule has 60 heavy (non-hydrogen) atoms. The van der Waals surface area contributed by atoms with Crippen molar-refractivity contribution in [1.29, 1.82) is 0 Å². The van der Waals surface area contributed by atoms with Crippen molar-refractivity contribution >= 4 is 11.9 Å². The molecular formula is C56H110O4. The number of hydrogen-bond acceptors (Lipinski definition) is 4. The molecule has 0 radical (unpaired) electrons. The predicted molar refractivity (Wildman–Crippen MR) is 264 cm³/mol. The Bertz CT molecular complexity index is 841. The average Bonchev–Trinajstić information content (AvgIpc) is 3.25. The van der Waals surface area contributed by atoms with Crippen molar-refractivity contribution in [2.45, 2.75) is 336 Å². The van der Waals surface area contributed by atoms with Crippen LogP contribution >= 0.6 is 0 Å². The normalized spacial score (nSPS) is 12.5. The largest absolute Gasteiger partial charge is 0.465 e. The molecule has 4 heteroatoms. The molecule has 4 nitrogen and oxygen atoms in total. The summed E-state index contributed by atoms with van der Waals surface area (Å²) < 4.78 is 11.9. The first-order valence-corrected chi connectivity index (χ1v) is 27.9. The topological polar surface area (TPSA) is 52.6 Å². The highest BCUT2D eigenvalue weighted by Crippen LogP contribution is 2.22. The smallest absolute Gasteiger partial charge is 0.306 e. The van der Waals surface area contributed by atoms with Crippen LogP contribution in [-0.4, -0.2) is 24.6 Å². The van der Waals surface area contributed by atoms with Gasteiger partial charge < -0.3 is 9.47 Å². The summed E-state index contributed by atoms with van der Waals surface area (Å²) in [6.45, 7) is 9.76. The second-order valence-corrected chi connectivity index (χ2v) is 19.4. The van der Waals surface area contributed by atoms with E-state index in [9.17, 15) is 9.59 Å². The number of unbranched alkanes of at least 4 members (excludes halogenated alkanes) is 36. The van der Waals surface area contributed by atoms with E-state index in [1.165, 1.54) is 244 Å². The Morgan fingerprint density at radius 1 is 0.300 bits per heavy atom. The SMILES string of the molecule is CCCCCCCCCCCCCCCCCC(=O)O[C@@H](CCCCCC)CCCCCCCCCCC(=O)OC[C@H](CCCCCCCC)CCCCCCCCCC. The first kappa shape index (κ1) is 58.9. The molecule has 0 N–H and O–H groups in total. The summed E-state index contributed by atoms with van der Waals surface area (Å²) in [5.41, 5.74) is 0. The lowest BCUT2D eigenvalue weighted by Gasteiger charge is -2.18. The van der Waals surface area contributed by atoms with E-state index in [0.717, 1.165) is 44.9 Å². The lowest BCUT2D eigenvalue weighted by atomic mass is 9.94. The van der Waals surface area contributed by atoms with Crippen LogP contribution in [0, 0.1) is 5.92 Å². The van der Waals surface area contributed by atoms with Crippen LogP contribution in [0.15, 0.2) is 0 Å². The van der Waals surface area contributed by atoms with Crippen molar-refractivity contribution in [2.75, 3.05) is 6.61 Å². The number of rotatable bonds is 51. The lowest BCUT2D eigenvalue weighted by Crippen LogP contribution is -2.18. The van der Waals surface area contributed by atoms with Crippen molar-refractivity contribution in [3.63, 3.8) is 0 Å². The molecule has 0 saturated carbocycles. The van der Waals surface area contributed by atoms with Crippen molar-refractivity contribution in [1.82, 2.24) is 0 Å². The fourth-order valence-electron chi connectivity index (χ4n) is 9.02. The lowest BCUT2D eigenvalue weighted by molar-refractivity contribution is -0.150. The van der Waals surface area contributed by atoms with Crippen LogP contribution in [0.2, 0.25) is 0 Å². The minimum absolute atomic E-state index is 0.0265. The fraction of sp³-hybridized carbons (Fsp3) is 0.964. The van der Waals surface area contributed by atoms with Gasteiger partial charge >= 0.3 is 11.9 Å². The Balaban J connectivity index is 4.08. The Labute approximate surface area is 377 Å². The van der Waals surface area contributed by atoms with Gasteiger partial charge in [0.25, 0.3) is 0 Å². The van der Waals surface area contributed by atoms with Crippen molar-refractivity contribution in [3.05, 3.63) is 0 Å². The molecule has 0 spiro atoms. The standard InChI is InChI=1S/C56H110O4/c1-5-9-13-17-20-22-23-24-25-26-27-28-34-39-45-51-56(58)60-54(48-42-16-12-8-4)49-43-37-32-29-30-33-38-44-50-55(57)59-52-53(46-40-35-19-15-11-7-3)47-41-36-31-21-18-14-10-6-2/h53-54H,5-52H2,1-4H3/t53-,54+/m1/s1. The minimum Gasteiger partial charge on any atom is -0.465 e. The molecule has 0 aliphatic carbocycles. The van der Waals surface area contributed by atoms with Crippen molar-refractivity contribution in [3.8, 4) is 0 Å². The highest BCUT2D eigenvalue weighted by Gasteiger charge is 2.15. The molecule has 0 heterocycles. The van der Waals surface area contributed by atoms with Gasteiger partial charge in [0.15, 0.2) is 0 Å². The maximum absolute atomic E-state index is 12.8. The number of carbonyl (C=O) groups excluding carboxylic acids is 2. The van der Waals surface area contributed by atoms with E-state index in [-0.39, 0.29) is 18.0 Å². The van der Waals surface area contributed by atoms with E-state index < -0.39 is 0 Å². The van der Waals surface area contributed by atoms with Gasteiger partial charge in [0.05, 0.1) is 6.61 Å². The molecule has 0 aromatic heterocycles. The molecule has 0 saturated heterocycles. The summed E-state index contributed by atoms with van der Waals surface area (Å²) in [5, 5.41) is 0. The molecule has 0 rings (SSSR count). The number of ether oxygens (including phenoxy) is 2. The third-order valence-corrected chi connectivity index (χ3v) is 13.2. The van der Waals surface area contributed by atoms with Gasteiger partial charge in [-0.15, -0.1) is 0 Å². The van der Waals surface area contributed by atoms with Gasteiger partial charge in [-0.05, 0) is 57.3 Å². The van der Waals surface area contributed by atoms with Gasteiger partial charge in [-0.25, -0.2) is 0 Å². The van der Waals surface area contributed by atoms with E-state index in [1.807, 2.05) is 0 Å². The van der Waals surface area contributed by atoms with E-state index in [0.29, 0.717) is 25.4 Å².